The fourth-order valence-electron chi connectivity index (χ4n) is 4.67. The van der Waals surface area contributed by atoms with Gasteiger partial charge in [0.25, 0.3) is 5.91 Å². The van der Waals surface area contributed by atoms with Crippen molar-refractivity contribution < 1.29 is 32.5 Å². The minimum Gasteiger partial charge on any atom is -0.494 e. The van der Waals surface area contributed by atoms with E-state index in [0.717, 1.165) is 18.9 Å². The molecule has 2 aromatic heterocycles. The van der Waals surface area contributed by atoms with Crippen LogP contribution in [-0.4, -0.2) is 52.2 Å². The fraction of sp³-hybridized carbons (Fsp3) is 0.345. The number of hydrogen-bond acceptors (Lipinski definition) is 6. The van der Waals surface area contributed by atoms with Gasteiger partial charge in [-0.25, -0.2) is 4.98 Å². The lowest BCUT2D eigenvalue weighted by atomic mass is 9.95. The van der Waals surface area contributed by atoms with Crippen LogP contribution in [0, 0.1) is 6.92 Å². The molecule has 13 heteroatoms. The highest BCUT2D eigenvalue weighted by molar-refractivity contribution is 6.35. The van der Waals surface area contributed by atoms with E-state index in [2.05, 4.69) is 15.4 Å². The van der Waals surface area contributed by atoms with Crippen molar-refractivity contribution in [2.24, 2.45) is 0 Å². The van der Waals surface area contributed by atoms with E-state index in [1.165, 1.54) is 44.4 Å². The van der Waals surface area contributed by atoms with Gasteiger partial charge in [-0.2, -0.15) is 18.3 Å². The molecule has 222 valence electrons. The monoisotopic (exact) mass is 622 g/mol. The smallest absolute Gasteiger partial charge is 0.424 e. The SMILES string of the molecule is CCOc1c(C)cc(C(O)(CNC(=O)c2cc(OC)c3nn(C4CC4)cc3c2)C(F)(F)F)nc1-c1cc(Cl)cc(Cl)c1. The van der Waals surface area contributed by atoms with Crippen molar-refractivity contribution in [1.29, 1.82) is 0 Å². The van der Waals surface area contributed by atoms with Gasteiger partial charge >= 0.3 is 6.18 Å². The van der Waals surface area contributed by atoms with Crippen molar-refractivity contribution in [2.45, 2.75) is 44.5 Å². The zero-order valence-corrected chi connectivity index (χ0v) is 24.4. The molecule has 1 saturated carbocycles. The van der Waals surface area contributed by atoms with Crippen molar-refractivity contribution in [1.82, 2.24) is 20.1 Å². The van der Waals surface area contributed by atoms with Gasteiger partial charge in [0.05, 0.1) is 32.0 Å². The maximum atomic E-state index is 14.6. The van der Waals surface area contributed by atoms with Crippen molar-refractivity contribution >= 4 is 40.0 Å². The zero-order valence-electron chi connectivity index (χ0n) is 22.9. The van der Waals surface area contributed by atoms with Crippen LogP contribution in [0.5, 0.6) is 11.5 Å². The zero-order chi connectivity index (χ0) is 30.4. The third-order valence-electron chi connectivity index (χ3n) is 6.98. The second-order valence-electron chi connectivity index (χ2n) is 10.1. The summed E-state index contributed by atoms with van der Waals surface area (Å²) in [5, 5.41) is 19.0. The van der Waals surface area contributed by atoms with E-state index >= 15 is 0 Å². The summed E-state index contributed by atoms with van der Waals surface area (Å²) in [5.41, 5.74) is -3.12. The van der Waals surface area contributed by atoms with Gasteiger partial charge in [-0.3, -0.25) is 9.48 Å². The molecule has 1 atom stereocenters. The Bertz CT molecular complexity index is 1650. The van der Waals surface area contributed by atoms with Gasteiger partial charge in [-0.15, -0.1) is 0 Å². The lowest BCUT2D eigenvalue weighted by Crippen LogP contribution is -2.51. The molecule has 42 heavy (non-hydrogen) atoms. The fourth-order valence-corrected chi connectivity index (χ4v) is 5.19. The summed E-state index contributed by atoms with van der Waals surface area (Å²) in [6.07, 6.45) is -1.46. The minimum absolute atomic E-state index is 0.00751. The van der Waals surface area contributed by atoms with Crippen LogP contribution in [0.15, 0.2) is 42.6 Å². The first kappa shape index (κ1) is 29.9. The number of pyridine rings is 1. The number of benzene rings is 2. The Morgan fingerprint density at radius 3 is 2.43 bits per heavy atom. The third kappa shape index (κ3) is 5.73. The molecule has 0 radical (unpaired) electrons. The molecular formula is C29H27Cl2F3N4O4. The quantitative estimate of drug-likeness (QED) is 0.217. The van der Waals surface area contributed by atoms with Gasteiger partial charge in [0.1, 0.15) is 22.7 Å². The van der Waals surface area contributed by atoms with Crippen molar-refractivity contribution in [3.8, 4) is 22.8 Å². The number of hydrogen-bond donors (Lipinski definition) is 2. The van der Waals surface area contributed by atoms with E-state index in [4.69, 9.17) is 32.7 Å². The molecule has 1 fully saturated rings. The Balaban J connectivity index is 1.51. The normalized spacial score (nSPS) is 15.0. The van der Waals surface area contributed by atoms with E-state index in [9.17, 15) is 23.1 Å². The van der Waals surface area contributed by atoms with Gasteiger partial charge in [-0.1, -0.05) is 23.2 Å². The van der Waals surface area contributed by atoms with Crippen LogP contribution in [0.25, 0.3) is 22.2 Å². The number of ether oxygens (including phenoxy) is 2. The van der Waals surface area contributed by atoms with Crippen molar-refractivity contribution in [2.75, 3.05) is 20.3 Å². The molecule has 0 bridgehead atoms. The molecule has 1 amide bonds. The topological polar surface area (TPSA) is 98.5 Å². The van der Waals surface area contributed by atoms with Gasteiger partial charge < -0.3 is 19.9 Å². The summed E-state index contributed by atoms with van der Waals surface area (Å²) in [4.78, 5) is 17.3. The van der Waals surface area contributed by atoms with Crippen LogP contribution in [0.3, 0.4) is 0 Å². The van der Waals surface area contributed by atoms with E-state index in [1.807, 2.05) is 0 Å². The van der Waals surface area contributed by atoms with E-state index < -0.39 is 29.9 Å². The molecule has 0 saturated heterocycles. The number of aliphatic hydroxyl groups is 1. The number of aromatic nitrogens is 3. The lowest BCUT2D eigenvalue weighted by Gasteiger charge is -2.31. The average Bonchev–Trinajstić information content (AvgIpc) is 3.69. The first-order chi connectivity index (χ1) is 19.8. The van der Waals surface area contributed by atoms with Crippen molar-refractivity contribution in [3.63, 3.8) is 0 Å². The number of carbonyl (C=O) groups is 1. The number of alkyl halides is 3. The number of fused-ring (bicyclic) bond motifs is 1. The number of aryl methyl sites for hydroxylation is 1. The molecule has 2 N–H and O–H groups in total. The third-order valence-corrected chi connectivity index (χ3v) is 7.41. The number of amides is 1. The highest BCUT2D eigenvalue weighted by atomic mass is 35.5. The molecule has 2 aromatic carbocycles. The number of halogens is 5. The Morgan fingerprint density at radius 2 is 1.83 bits per heavy atom. The largest absolute Gasteiger partial charge is 0.494 e. The standard InChI is InChI=1S/C29H27Cl2F3N4O4/c1-4-42-26-15(2)7-23(36-25(26)16-9-19(30)12-20(31)10-16)28(40,29(32,33)34)14-35-27(39)17-8-18-13-38(21-5-6-21)37-24(18)22(11-17)41-3/h7-13,21,40H,4-6,14H2,1-3H3,(H,35,39). The van der Waals surface area contributed by atoms with Crippen LogP contribution in [0.1, 0.15) is 47.4 Å². The van der Waals surface area contributed by atoms with Crippen LogP contribution in [0.2, 0.25) is 10.0 Å². The molecule has 4 aromatic rings. The molecule has 8 nitrogen and oxygen atoms in total. The molecule has 5 rings (SSSR count). The summed E-state index contributed by atoms with van der Waals surface area (Å²) in [5.74, 6) is -0.335. The summed E-state index contributed by atoms with van der Waals surface area (Å²) >= 11 is 12.3. The number of rotatable bonds is 9. The molecule has 0 aliphatic heterocycles. The second-order valence-corrected chi connectivity index (χ2v) is 11.0. The minimum atomic E-state index is -5.22. The molecule has 1 unspecified atom stereocenters. The Kier molecular flexibility index (Phi) is 8.04. The number of carbonyl (C=O) groups excluding carboxylic acids is 1. The molecule has 1 aliphatic carbocycles. The molecule has 0 spiro atoms. The summed E-state index contributed by atoms with van der Waals surface area (Å²) in [6, 6.07) is 8.70. The number of nitrogens with one attached hydrogen (secondary N) is 1. The van der Waals surface area contributed by atoms with Gasteiger partial charge in [0.2, 0.25) is 5.60 Å². The molecule has 1 aliphatic rings. The highest BCUT2D eigenvalue weighted by Crippen LogP contribution is 2.42. The van der Waals surface area contributed by atoms with Crippen LogP contribution in [-0.2, 0) is 5.60 Å². The average molecular weight is 623 g/mol. The second kappa shape index (κ2) is 11.3. The summed E-state index contributed by atoms with van der Waals surface area (Å²) in [6.45, 7) is 2.24. The number of nitrogens with zero attached hydrogens (tertiary/aromatic N) is 3. The van der Waals surface area contributed by atoms with Crippen LogP contribution < -0.4 is 14.8 Å². The maximum absolute atomic E-state index is 14.6. The Morgan fingerprint density at radius 1 is 1.14 bits per heavy atom. The van der Waals surface area contributed by atoms with E-state index in [0.29, 0.717) is 22.2 Å². The first-order valence-corrected chi connectivity index (χ1v) is 13.9. The van der Waals surface area contributed by atoms with Crippen LogP contribution >= 0.6 is 23.2 Å². The predicted molar refractivity (Wildman–Crippen MR) is 152 cm³/mol. The van der Waals surface area contributed by atoms with E-state index in [1.54, 1.807) is 17.8 Å². The highest BCUT2D eigenvalue weighted by Gasteiger charge is 2.56. The number of methoxy groups -OCH3 is 1. The first-order valence-electron chi connectivity index (χ1n) is 13.1. The maximum Gasteiger partial charge on any atom is 0.424 e. The van der Waals surface area contributed by atoms with E-state index in [-0.39, 0.29) is 45.3 Å². The molecular weight excluding hydrogens is 596 g/mol. The summed E-state index contributed by atoms with van der Waals surface area (Å²) in [7, 11) is 1.42. The Hall–Kier alpha value is -3.54. The lowest BCUT2D eigenvalue weighted by molar-refractivity contribution is -0.265. The predicted octanol–water partition coefficient (Wildman–Crippen LogP) is 6.64. The van der Waals surface area contributed by atoms with Crippen LogP contribution in [0.4, 0.5) is 13.2 Å². The van der Waals surface area contributed by atoms with Crippen molar-refractivity contribution in [3.05, 3.63) is 69.5 Å². The van der Waals surface area contributed by atoms with Gasteiger partial charge in [-0.05, 0) is 68.7 Å². The van der Waals surface area contributed by atoms with Gasteiger partial charge in [0, 0.05) is 32.8 Å². The summed E-state index contributed by atoms with van der Waals surface area (Å²) < 4.78 is 56.5. The molecule has 2 heterocycles. The van der Waals surface area contributed by atoms with Gasteiger partial charge in [0.15, 0.2) is 0 Å². The Labute approximate surface area is 249 Å².